The minimum absolute atomic E-state index is 0.296. The maximum absolute atomic E-state index is 11.7. The van der Waals surface area contributed by atoms with Gasteiger partial charge >= 0.3 is 0 Å². The molecule has 2 aromatic carbocycles. The van der Waals surface area contributed by atoms with Gasteiger partial charge in [0.1, 0.15) is 5.82 Å². The first-order valence-electron chi connectivity index (χ1n) is 10.6. The highest BCUT2D eigenvalue weighted by Crippen LogP contribution is 2.30. The summed E-state index contributed by atoms with van der Waals surface area (Å²) in [5.41, 5.74) is 1.98. The van der Waals surface area contributed by atoms with E-state index in [1.165, 1.54) is 0 Å². The van der Waals surface area contributed by atoms with Gasteiger partial charge in [0.2, 0.25) is 0 Å². The van der Waals surface area contributed by atoms with Crippen molar-refractivity contribution in [1.82, 2.24) is 14.9 Å². The van der Waals surface area contributed by atoms with Crippen LogP contribution in [0, 0.1) is 0 Å². The maximum atomic E-state index is 11.7. The molecule has 3 aromatic rings. The van der Waals surface area contributed by atoms with E-state index in [1.54, 1.807) is 0 Å². The number of hydrogen-bond donors (Lipinski definition) is 0. The lowest BCUT2D eigenvalue weighted by atomic mass is 10.0. The zero-order valence-corrected chi connectivity index (χ0v) is 17.8. The van der Waals surface area contributed by atoms with Gasteiger partial charge in [-0.1, -0.05) is 42.5 Å². The quantitative estimate of drug-likeness (QED) is 0.647. The summed E-state index contributed by atoms with van der Waals surface area (Å²) in [6, 6.07) is 18.8. The summed E-state index contributed by atoms with van der Waals surface area (Å²) in [5.74, 6) is 2.35. The Morgan fingerprint density at radius 1 is 0.800 bits per heavy atom. The number of benzene rings is 2. The monoisotopic (exact) mass is 422 g/mol. The molecule has 2 fully saturated rings. The lowest BCUT2D eigenvalue weighted by molar-refractivity contribution is 0.182. The predicted molar refractivity (Wildman–Crippen MR) is 120 cm³/mol. The van der Waals surface area contributed by atoms with Crippen molar-refractivity contribution in [1.29, 1.82) is 0 Å². The van der Waals surface area contributed by atoms with Gasteiger partial charge in [-0.3, -0.25) is 4.90 Å². The van der Waals surface area contributed by atoms with Crippen LogP contribution in [-0.2, 0) is 9.84 Å². The van der Waals surface area contributed by atoms with Crippen molar-refractivity contribution in [2.45, 2.75) is 18.9 Å². The van der Waals surface area contributed by atoms with Gasteiger partial charge in [-0.15, -0.1) is 0 Å². The largest absolute Gasteiger partial charge is 0.356 e. The first kappa shape index (κ1) is 19.5. The summed E-state index contributed by atoms with van der Waals surface area (Å²) >= 11 is 0. The average molecular weight is 423 g/mol. The number of hydrogen-bond acceptors (Lipinski definition) is 6. The standard InChI is InChI=1S/C23H26N4O2S/c28-30(29)16-14-26(15-17-30)19-10-12-27(13-11-19)23-20-8-4-5-9-21(20)24-22(25-23)18-6-2-1-3-7-18/h1-9,19H,10-17H2. The molecule has 0 bridgehead atoms. The summed E-state index contributed by atoms with van der Waals surface area (Å²) in [6.07, 6.45) is 2.05. The van der Waals surface area contributed by atoms with Gasteiger partial charge < -0.3 is 4.90 Å². The fourth-order valence-corrected chi connectivity index (χ4v) is 5.78. The third-order valence-corrected chi connectivity index (χ3v) is 7.88. The molecule has 0 N–H and O–H groups in total. The molecule has 0 radical (unpaired) electrons. The lowest BCUT2D eigenvalue weighted by Crippen LogP contribution is -2.50. The highest BCUT2D eigenvalue weighted by Gasteiger charge is 2.30. The van der Waals surface area contributed by atoms with Crippen LogP contribution in [0.15, 0.2) is 54.6 Å². The molecule has 0 aliphatic carbocycles. The van der Waals surface area contributed by atoms with E-state index in [2.05, 4.69) is 15.9 Å². The normalized spacial score (nSPS) is 20.5. The average Bonchev–Trinajstić information content (AvgIpc) is 2.79. The first-order valence-corrected chi connectivity index (χ1v) is 12.4. The molecular formula is C23H26N4O2S. The number of piperidine rings is 1. The Morgan fingerprint density at radius 2 is 1.47 bits per heavy atom. The second-order valence-electron chi connectivity index (χ2n) is 8.16. The van der Waals surface area contributed by atoms with Crippen molar-refractivity contribution < 1.29 is 8.42 Å². The first-order chi connectivity index (χ1) is 14.6. The second kappa shape index (κ2) is 7.96. The van der Waals surface area contributed by atoms with E-state index in [4.69, 9.17) is 9.97 Å². The zero-order chi connectivity index (χ0) is 20.6. The number of fused-ring (bicyclic) bond motifs is 1. The van der Waals surface area contributed by atoms with Gasteiger partial charge in [-0.05, 0) is 25.0 Å². The number of rotatable bonds is 3. The molecular weight excluding hydrogens is 396 g/mol. The molecule has 6 nitrogen and oxygen atoms in total. The minimum atomic E-state index is -2.83. The Morgan fingerprint density at radius 3 is 2.20 bits per heavy atom. The van der Waals surface area contributed by atoms with Gasteiger partial charge in [0.25, 0.3) is 0 Å². The van der Waals surface area contributed by atoms with Gasteiger partial charge in [-0.2, -0.15) is 0 Å². The molecule has 5 rings (SSSR count). The molecule has 3 heterocycles. The molecule has 0 saturated carbocycles. The highest BCUT2D eigenvalue weighted by atomic mass is 32.2. The van der Waals surface area contributed by atoms with Crippen molar-refractivity contribution >= 4 is 26.6 Å². The maximum Gasteiger partial charge on any atom is 0.162 e. The number of sulfone groups is 1. The molecule has 156 valence electrons. The van der Waals surface area contributed by atoms with Crippen LogP contribution in [0.5, 0.6) is 0 Å². The van der Waals surface area contributed by atoms with Gasteiger partial charge in [0, 0.05) is 43.2 Å². The van der Waals surface area contributed by atoms with Crippen molar-refractivity contribution in [3.63, 3.8) is 0 Å². The third-order valence-electron chi connectivity index (χ3n) is 6.27. The molecule has 0 spiro atoms. The summed E-state index contributed by atoms with van der Waals surface area (Å²) < 4.78 is 23.5. The number of anilines is 1. The molecule has 0 amide bonds. The Hall–Kier alpha value is -2.51. The minimum Gasteiger partial charge on any atom is -0.356 e. The van der Waals surface area contributed by atoms with Crippen LogP contribution in [-0.4, -0.2) is 67.0 Å². The predicted octanol–water partition coefficient (Wildman–Crippen LogP) is 3.00. The van der Waals surface area contributed by atoms with E-state index in [-0.39, 0.29) is 0 Å². The van der Waals surface area contributed by atoms with Crippen LogP contribution in [0.1, 0.15) is 12.8 Å². The molecule has 2 aliphatic rings. The Labute approximate surface area is 177 Å². The van der Waals surface area contributed by atoms with E-state index < -0.39 is 9.84 Å². The SMILES string of the molecule is O=S1(=O)CCN(C2CCN(c3nc(-c4ccccc4)nc4ccccc34)CC2)CC1. The van der Waals surface area contributed by atoms with E-state index in [1.807, 2.05) is 48.5 Å². The van der Waals surface area contributed by atoms with Crippen LogP contribution >= 0.6 is 0 Å². The van der Waals surface area contributed by atoms with E-state index in [9.17, 15) is 8.42 Å². The molecule has 0 unspecified atom stereocenters. The number of aromatic nitrogens is 2. The molecule has 2 saturated heterocycles. The van der Waals surface area contributed by atoms with Gasteiger partial charge in [0.05, 0.1) is 17.0 Å². The van der Waals surface area contributed by atoms with Crippen molar-refractivity contribution in [3.05, 3.63) is 54.6 Å². The fraction of sp³-hybridized carbons (Fsp3) is 0.391. The van der Waals surface area contributed by atoms with E-state index in [0.29, 0.717) is 30.6 Å². The zero-order valence-electron chi connectivity index (χ0n) is 16.9. The van der Waals surface area contributed by atoms with Crippen LogP contribution in [0.25, 0.3) is 22.3 Å². The molecule has 2 aliphatic heterocycles. The van der Waals surface area contributed by atoms with Crippen LogP contribution in [0.3, 0.4) is 0 Å². The summed E-state index contributed by atoms with van der Waals surface area (Å²) in [5, 5.41) is 1.08. The van der Waals surface area contributed by atoms with Crippen molar-refractivity contribution in [3.8, 4) is 11.4 Å². The van der Waals surface area contributed by atoms with E-state index in [0.717, 1.165) is 54.0 Å². The van der Waals surface area contributed by atoms with Crippen molar-refractivity contribution in [2.75, 3.05) is 42.6 Å². The Balaban J connectivity index is 1.39. The molecule has 0 atom stereocenters. The topological polar surface area (TPSA) is 66.4 Å². The number of para-hydroxylation sites is 1. The molecule has 1 aromatic heterocycles. The molecule has 7 heteroatoms. The summed E-state index contributed by atoms with van der Waals surface area (Å²) in [6.45, 7) is 3.18. The van der Waals surface area contributed by atoms with Gasteiger partial charge in [0.15, 0.2) is 15.7 Å². The summed E-state index contributed by atoms with van der Waals surface area (Å²) in [7, 11) is -2.83. The third kappa shape index (κ3) is 3.91. The van der Waals surface area contributed by atoms with Crippen LogP contribution in [0.4, 0.5) is 5.82 Å². The van der Waals surface area contributed by atoms with Crippen LogP contribution in [0.2, 0.25) is 0 Å². The van der Waals surface area contributed by atoms with E-state index >= 15 is 0 Å². The Bertz CT molecular complexity index is 1130. The molecule has 30 heavy (non-hydrogen) atoms. The van der Waals surface area contributed by atoms with Crippen LogP contribution < -0.4 is 4.90 Å². The van der Waals surface area contributed by atoms with Gasteiger partial charge in [-0.25, -0.2) is 18.4 Å². The highest BCUT2D eigenvalue weighted by molar-refractivity contribution is 7.91. The van der Waals surface area contributed by atoms with Crippen molar-refractivity contribution in [2.24, 2.45) is 0 Å². The summed E-state index contributed by atoms with van der Waals surface area (Å²) in [4.78, 5) is 14.5. The lowest BCUT2D eigenvalue weighted by Gasteiger charge is -2.40. The Kier molecular flexibility index (Phi) is 5.16. The second-order valence-corrected chi connectivity index (χ2v) is 10.5. The smallest absolute Gasteiger partial charge is 0.162 e. The number of nitrogens with zero attached hydrogens (tertiary/aromatic N) is 4. The fourth-order valence-electron chi connectivity index (χ4n) is 4.55.